The molecule has 33 heavy (non-hydrogen) atoms. The molecule has 2 aliphatic rings. The van der Waals surface area contributed by atoms with Gasteiger partial charge in [0.2, 0.25) is 10.0 Å². The smallest absolute Gasteiger partial charge is 0.309 e. The molecule has 0 radical (unpaired) electrons. The van der Waals surface area contributed by atoms with Gasteiger partial charge in [-0.1, -0.05) is 12.8 Å². The first-order valence-corrected chi connectivity index (χ1v) is 12.9. The SMILES string of the molecule is COc1ccc(S(=O)(=O)N2CCC(C(=O)O[C@H](C)C(=O)N3CCCCCC3)CC2)cc1OC. The van der Waals surface area contributed by atoms with Gasteiger partial charge in [0.15, 0.2) is 17.6 Å². The zero-order chi connectivity index (χ0) is 24.0. The molecular weight excluding hydrogens is 448 g/mol. The number of piperidine rings is 1. The van der Waals surface area contributed by atoms with Crippen molar-refractivity contribution in [2.75, 3.05) is 40.4 Å². The van der Waals surface area contributed by atoms with Crippen LogP contribution >= 0.6 is 0 Å². The van der Waals surface area contributed by atoms with Crippen LogP contribution in [0, 0.1) is 5.92 Å². The van der Waals surface area contributed by atoms with Crippen LogP contribution in [0.4, 0.5) is 0 Å². The van der Waals surface area contributed by atoms with Gasteiger partial charge < -0.3 is 19.1 Å². The van der Waals surface area contributed by atoms with Gasteiger partial charge in [-0.2, -0.15) is 4.31 Å². The number of carbonyl (C=O) groups excluding carboxylic acids is 2. The van der Waals surface area contributed by atoms with E-state index in [1.165, 1.54) is 30.7 Å². The Bertz CT molecular complexity index is 934. The molecule has 1 amide bonds. The van der Waals surface area contributed by atoms with E-state index in [4.69, 9.17) is 14.2 Å². The van der Waals surface area contributed by atoms with Gasteiger partial charge in [-0.3, -0.25) is 9.59 Å². The average molecular weight is 483 g/mol. The number of nitrogens with zero attached hydrogens (tertiary/aromatic N) is 2. The highest BCUT2D eigenvalue weighted by Gasteiger charge is 2.35. The van der Waals surface area contributed by atoms with E-state index in [1.54, 1.807) is 17.9 Å². The number of carbonyl (C=O) groups is 2. The summed E-state index contributed by atoms with van der Waals surface area (Å²) in [4.78, 5) is 27.2. The summed E-state index contributed by atoms with van der Waals surface area (Å²) in [5, 5.41) is 0. The van der Waals surface area contributed by atoms with Crippen LogP contribution in [0.25, 0.3) is 0 Å². The molecule has 9 nitrogen and oxygen atoms in total. The van der Waals surface area contributed by atoms with Crippen molar-refractivity contribution in [3.05, 3.63) is 18.2 Å². The van der Waals surface area contributed by atoms with Gasteiger partial charge in [-0.05, 0) is 44.7 Å². The third kappa shape index (κ3) is 5.97. The molecule has 2 saturated heterocycles. The van der Waals surface area contributed by atoms with Crippen LogP contribution in [0.5, 0.6) is 11.5 Å². The van der Waals surface area contributed by atoms with Crippen molar-refractivity contribution in [2.45, 2.75) is 56.4 Å². The quantitative estimate of drug-likeness (QED) is 0.550. The fourth-order valence-electron chi connectivity index (χ4n) is 4.33. The minimum Gasteiger partial charge on any atom is -0.493 e. The molecule has 1 aromatic rings. The molecule has 2 heterocycles. The van der Waals surface area contributed by atoms with E-state index in [1.807, 2.05) is 0 Å². The fourth-order valence-corrected chi connectivity index (χ4v) is 5.81. The molecule has 1 aromatic carbocycles. The second kappa shape index (κ2) is 11.2. The Morgan fingerprint density at radius 2 is 1.55 bits per heavy atom. The lowest BCUT2D eigenvalue weighted by atomic mass is 9.98. The second-order valence-electron chi connectivity index (χ2n) is 8.51. The summed E-state index contributed by atoms with van der Waals surface area (Å²) in [5.74, 6) is -0.240. The van der Waals surface area contributed by atoms with Gasteiger partial charge in [0, 0.05) is 32.2 Å². The third-order valence-corrected chi connectivity index (χ3v) is 8.23. The van der Waals surface area contributed by atoms with Crippen molar-refractivity contribution in [1.82, 2.24) is 9.21 Å². The number of rotatable bonds is 7. The molecule has 3 rings (SSSR count). The molecule has 184 valence electrons. The maximum atomic E-state index is 13.1. The lowest BCUT2D eigenvalue weighted by Gasteiger charge is -2.31. The van der Waals surface area contributed by atoms with E-state index < -0.39 is 28.0 Å². The lowest BCUT2D eigenvalue weighted by Crippen LogP contribution is -2.43. The van der Waals surface area contributed by atoms with E-state index in [-0.39, 0.29) is 23.9 Å². The summed E-state index contributed by atoms with van der Waals surface area (Å²) < 4.78 is 43.4. The Morgan fingerprint density at radius 3 is 2.12 bits per heavy atom. The van der Waals surface area contributed by atoms with Gasteiger partial charge in [0.05, 0.1) is 25.0 Å². The van der Waals surface area contributed by atoms with Crippen LogP contribution in [0.1, 0.15) is 45.4 Å². The molecule has 0 N–H and O–H groups in total. The number of esters is 1. The highest BCUT2D eigenvalue weighted by molar-refractivity contribution is 7.89. The summed E-state index contributed by atoms with van der Waals surface area (Å²) in [6.45, 7) is 3.41. The van der Waals surface area contributed by atoms with Crippen LogP contribution in [-0.2, 0) is 24.3 Å². The minimum atomic E-state index is -3.74. The summed E-state index contributed by atoms with van der Waals surface area (Å²) in [6, 6.07) is 4.47. The van der Waals surface area contributed by atoms with E-state index in [0.29, 0.717) is 37.4 Å². The minimum absolute atomic E-state index is 0.109. The molecule has 0 saturated carbocycles. The Labute approximate surface area is 196 Å². The number of hydrogen-bond acceptors (Lipinski definition) is 7. The molecule has 0 aliphatic carbocycles. The van der Waals surface area contributed by atoms with Gasteiger partial charge >= 0.3 is 5.97 Å². The van der Waals surface area contributed by atoms with E-state index in [2.05, 4.69) is 0 Å². The van der Waals surface area contributed by atoms with E-state index >= 15 is 0 Å². The van der Waals surface area contributed by atoms with Crippen molar-refractivity contribution in [3.63, 3.8) is 0 Å². The molecule has 0 aromatic heterocycles. The Hall–Kier alpha value is -2.33. The Balaban J connectivity index is 1.56. The summed E-state index contributed by atoms with van der Waals surface area (Å²) in [6.07, 6.45) is 4.03. The first-order valence-electron chi connectivity index (χ1n) is 11.5. The number of methoxy groups -OCH3 is 2. The third-order valence-electron chi connectivity index (χ3n) is 6.34. The van der Waals surface area contributed by atoms with Gasteiger partial charge in [-0.25, -0.2) is 8.42 Å². The summed E-state index contributed by atoms with van der Waals surface area (Å²) in [5.41, 5.74) is 0. The molecule has 0 unspecified atom stereocenters. The first kappa shape index (κ1) is 25.3. The maximum Gasteiger partial charge on any atom is 0.309 e. The van der Waals surface area contributed by atoms with Crippen LogP contribution in [0.2, 0.25) is 0 Å². The zero-order valence-corrected chi connectivity index (χ0v) is 20.4. The lowest BCUT2D eigenvalue weighted by molar-refractivity contribution is -0.163. The van der Waals surface area contributed by atoms with Crippen LogP contribution in [0.3, 0.4) is 0 Å². The van der Waals surface area contributed by atoms with Crippen LogP contribution in [0.15, 0.2) is 23.1 Å². The number of likely N-dealkylation sites (tertiary alicyclic amines) is 1. The summed E-state index contributed by atoms with van der Waals surface area (Å²) >= 11 is 0. The Kier molecular flexibility index (Phi) is 8.58. The Morgan fingerprint density at radius 1 is 0.939 bits per heavy atom. The number of benzene rings is 1. The van der Waals surface area contributed by atoms with Gasteiger partial charge in [0.25, 0.3) is 5.91 Å². The largest absolute Gasteiger partial charge is 0.493 e. The van der Waals surface area contributed by atoms with E-state index in [9.17, 15) is 18.0 Å². The standard InChI is InChI=1S/C23H34N2O7S/c1-17(22(26)24-12-6-4-5-7-13-24)32-23(27)18-10-14-25(15-11-18)33(28,29)19-8-9-20(30-2)21(16-19)31-3/h8-9,16-18H,4-7,10-15H2,1-3H3/t17-/m1/s1. The van der Waals surface area contributed by atoms with Crippen molar-refractivity contribution < 1.29 is 32.2 Å². The average Bonchev–Trinajstić information content (AvgIpc) is 3.12. The van der Waals surface area contributed by atoms with Gasteiger partial charge in [0.1, 0.15) is 0 Å². The molecule has 2 fully saturated rings. The number of sulfonamides is 1. The first-order chi connectivity index (χ1) is 15.8. The predicted octanol–water partition coefficient (Wildman–Crippen LogP) is 2.44. The maximum absolute atomic E-state index is 13.1. The predicted molar refractivity (Wildman–Crippen MR) is 122 cm³/mol. The topological polar surface area (TPSA) is 102 Å². The highest BCUT2D eigenvalue weighted by Crippen LogP contribution is 2.32. The van der Waals surface area contributed by atoms with Gasteiger partial charge in [-0.15, -0.1) is 0 Å². The van der Waals surface area contributed by atoms with Crippen molar-refractivity contribution in [2.24, 2.45) is 5.92 Å². The van der Waals surface area contributed by atoms with Crippen molar-refractivity contribution in [3.8, 4) is 11.5 Å². The molecule has 0 spiro atoms. The molecule has 0 bridgehead atoms. The number of ether oxygens (including phenoxy) is 3. The van der Waals surface area contributed by atoms with Crippen molar-refractivity contribution >= 4 is 21.9 Å². The normalized spacial score (nSPS) is 19.4. The highest BCUT2D eigenvalue weighted by atomic mass is 32.2. The van der Waals surface area contributed by atoms with Crippen LogP contribution < -0.4 is 9.47 Å². The molecule has 1 atom stereocenters. The summed E-state index contributed by atoms with van der Waals surface area (Å²) in [7, 11) is -0.806. The van der Waals surface area contributed by atoms with E-state index in [0.717, 1.165) is 25.7 Å². The van der Waals surface area contributed by atoms with Crippen LogP contribution in [-0.4, -0.2) is 76.0 Å². The molecule has 2 aliphatic heterocycles. The second-order valence-corrected chi connectivity index (χ2v) is 10.5. The molecular formula is C23H34N2O7S. The monoisotopic (exact) mass is 482 g/mol. The zero-order valence-electron chi connectivity index (χ0n) is 19.6. The number of amides is 1. The van der Waals surface area contributed by atoms with Crippen molar-refractivity contribution in [1.29, 1.82) is 0 Å². The fraction of sp³-hybridized carbons (Fsp3) is 0.652. The molecule has 10 heteroatoms. The number of hydrogen-bond donors (Lipinski definition) is 0.